The summed E-state index contributed by atoms with van der Waals surface area (Å²) >= 11 is 0. The van der Waals surface area contributed by atoms with Crippen LogP contribution in [0.2, 0.25) is 0 Å². The average Bonchev–Trinajstić information content (AvgIpc) is 3.06. The second kappa shape index (κ2) is 6.12. The maximum absolute atomic E-state index is 13.5. The van der Waals surface area contributed by atoms with Crippen molar-refractivity contribution in [2.75, 3.05) is 5.73 Å². The Morgan fingerprint density at radius 2 is 2.04 bits per heavy atom. The topological polar surface area (TPSA) is 81.4 Å². The van der Waals surface area contributed by atoms with Gasteiger partial charge in [-0.1, -0.05) is 45.0 Å². The van der Waals surface area contributed by atoms with Gasteiger partial charge in [0.2, 0.25) is 12.0 Å². The quantitative estimate of drug-likeness (QED) is 0.812. The zero-order chi connectivity index (χ0) is 19.3. The van der Waals surface area contributed by atoms with Gasteiger partial charge in [0.1, 0.15) is 5.75 Å². The average molecular weight is 363 g/mol. The van der Waals surface area contributed by atoms with E-state index in [4.69, 9.17) is 10.5 Å². The molecule has 0 fully saturated rings. The van der Waals surface area contributed by atoms with Crippen LogP contribution in [0.1, 0.15) is 66.6 Å². The maximum Gasteiger partial charge on any atom is 0.221 e. The fraction of sp³-hybridized carbons (Fsp3) is 0.318. The summed E-state index contributed by atoms with van der Waals surface area (Å²) in [5, 5.41) is 2.98. The second-order valence-electron chi connectivity index (χ2n) is 7.49. The van der Waals surface area contributed by atoms with Crippen LogP contribution < -0.4 is 15.8 Å². The number of hydrogen-bond donors (Lipinski definition) is 2. The number of benzene rings is 2. The van der Waals surface area contributed by atoms with Crippen molar-refractivity contribution in [3.63, 3.8) is 0 Å². The molecule has 139 valence electrons. The summed E-state index contributed by atoms with van der Waals surface area (Å²) in [7, 11) is 0. The van der Waals surface area contributed by atoms with Gasteiger partial charge in [0, 0.05) is 23.2 Å². The molecule has 0 saturated heterocycles. The second-order valence-corrected chi connectivity index (χ2v) is 7.49. The van der Waals surface area contributed by atoms with Gasteiger partial charge in [-0.05, 0) is 30.0 Å². The number of amides is 1. The summed E-state index contributed by atoms with van der Waals surface area (Å²) < 4.78 is 6.18. The van der Waals surface area contributed by atoms with Gasteiger partial charge in [-0.15, -0.1) is 0 Å². The highest BCUT2D eigenvalue weighted by atomic mass is 16.5. The minimum atomic E-state index is -1.32. The van der Waals surface area contributed by atoms with Crippen LogP contribution in [0.15, 0.2) is 36.4 Å². The molecule has 1 amide bonds. The summed E-state index contributed by atoms with van der Waals surface area (Å²) in [5.41, 5.74) is 8.03. The third-order valence-corrected chi connectivity index (χ3v) is 5.34. The van der Waals surface area contributed by atoms with Crippen LogP contribution in [0, 0.1) is 6.10 Å². The van der Waals surface area contributed by atoms with Crippen LogP contribution in [-0.4, -0.2) is 11.7 Å². The van der Waals surface area contributed by atoms with E-state index in [1.807, 2.05) is 31.2 Å². The molecule has 5 heteroatoms. The van der Waals surface area contributed by atoms with E-state index in [-0.39, 0.29) is 11.7 Å². The summed E-state index contributed by atoms with van der Waals surface area (Å²) in [4.78, 5) is 26.1. The van der Waals surface area contributed by atoms with Gasteiger partial charge in [0.25, 0.3) is 0 Å². The van der Waals surface area contributed by atoms with Crippen molar-refractivity contribution in [2.24, 2.45) is 0 Å². The Kier molecular flexibility index (Phi) is 3.98. The van der Waals surface area contributed by atoms with Crippen LogP contribution in [0.3, 0.4) is 0 Å². The van der Waals surface area contributed by atoms with Crippen molar-refractivity contribution in [1.29, 1.82) is 0 Å². The Balaban J connectivity index is 1.90. The number of carbonyl (C=O) groups excluding carboxylic acids is 2. The number of hydrogen-bond acceptors (Lipinski definition) is 4. The third kappa shape index (κ3) is 2.37. The molecule has 1 atom stereocenters. The minimum absolute atomic E-state index is 0.181. The summed E-state index contributed by atoms with van der Waals surface area (Å²) in [5.74, 6) is 0.535. The van der Waals surface area contributed by atoms with Crippen molar-refractivity contribution in [3.8, 4) is 5.75 Å². The molecule has 2 aliphatic rings. The van der Waals surface area contributed by atoms with Crippen LogP contribution in [0.4, 0.5) is 5.69 Å². The standard InChI is InChI=1S/C22H23N2O3/c1-4-6-18(25)24-22-15-10-9-13(12(2)3)11-17(15)27-21(22)14-7-5-8-16(23)19(14)20(22)26/h5,7-12H,4,6,23H2,1-3H3,(H,24,25). The van der Waals surface area contributed by atoms with Gasteiger partial charge in [-0.3, -0.25) is 9.59 Å². The molecule has 0 aromatic heterocycles. The smallest absolute Gasteiger partial charge is 0.221 e. The Morgan fingerprint density at radius 3 is 2.74 bits per heavy atom. The van der Waals surface area contributed by atoms with Gasteiger partial charge >= 0.3 is 0 Å². The SMILES string of the molecule is CCCC(=O)NC12[C](Oc3cc(C(C)C)ccc31)c1cccc(N)c1C2=O. The first-order valence-electron chi connectivity index (χ1n) is 9.34. The normalized spacial score (nSPS) is 20.2. The number of rotatable bonds is 4. The molecule has 2 aromatic rings. The number of Topliss-reactive ketones (excluding diaryl/α,β-unsaturated/α-hetero) is 1. The van der Waals surface area contributed by atoms with Crippen LogP contribution in [-0.2, 0) is 10.3 Å². The third-order valence-electron chi connectivity index (χ3n) is 5.34. The van der Waals surface area contributed by atoms with E-state index in [0.29, 0.717) is 53.0 Å². The van der Waals surface area contributed by atoms with E-state index >= 15 is 0 Å². The molecule has 0 saturated carbocycles. The number of carbonyl (C=O) groups is 2. The van der Waals surface area contributed by atoms with Crippen molar-refractivity contribution in [2.45, 2.75) is 45.1 Å². The van der Waals surface area contributed by atoms with E-state index in [1.165, 1.54) is 0 Å². The predicted molar refractivity (Wildman–Crippen MR) is 103 cm³/mol. The highest BCUT2D eigenvalue weighted by Gasteiger charge is 2.63. The fourth-order valence-electron chi connectivity index (χ4n) is 3.96. The number of ketones is 1. The van der Waals surface area contributed by atoms with E-state index in [9.17, 15) is 9.59 Å². The number of nitrogen functional groups attached to an aromatic ring is 1. The van der Waals surface area contributed by atoms with E-state index in [1.54, 1.807) is 12.1 Å². The van der Waals surface area contributed by atoms with Gasteiger partial charge < -0.3 is 15.8 Å². The Bertz CT molecular complexity index is 951. The number of nitrogens with one attached hydrogen (secondary N) is 1. The monoisotopic (exact) mass is 363 g/mol. The van der Waals surface area contributed by atoms with Gasteiger partial charge in [0.05, 0.1) is 5.56 Å². The van der Waals surface area contributed by atoms with Crippen molar-refractivity contribution in [3.05, 3.63) is 64.8 Å². The molecule has 1 aliphatic heterocycles. The Morgan fingerprint density at radius 1 is 1.26 bits per heavy atom. The van der Waals surface area contributed by atoms with Crippen molar-refractivity contribution >= 4 is 17.4 Å². The molecule has 5 nitrogen and oxygen atoms in total. The molecule has 1 heterocycles. The minimum Gasteiger partial charge on any atom is -0.474 e. The fourth-order valence-corrected chi connectivity index (χ4v) is 3.96. The lowest BCUT2D eigenvalue weighted by Crippen LogP contribution is -2.51. The summed E-state index contributed by atoms with van der Waals surface area (Å²) in [6, 6.07) is 11.2. The van der Waals surface area contributed by atoms with Crippen LogP contribution in [0.5, 0.6) is 5.75 Å². The van der Waals surface area contributed by atoms with Gasteiger partial charge in [0.15, 0.2) is 11.3 Å². The van der Waals surface area contributed by atoms with Crippen molar-refractivity contribution in [1.82, 2.24) is 5.32 Å². The first kappa shape index (κ1) is 17.6. The molecule has 27 heavy (non-hydrogen) atoms. The maximum atomic E-state index is 13.5. The highest BCUT2D eigenvalue weighted by Crippen LogP contribution is 2.56. The van der Waals surface area contributed by atoms with E-state index < -0.39 is 5.54 Å². The lowest BCUT2D eigenvalue weighted by Gasteiger charge is -2.27. The molecule has 1 aliphatic carbocycles. The van der Waals surface area contributed by atoms with Gasteiger partial charge in [-0.2, -0.15) is 0 Å². The number of fused-ring (bicyclic) bond motifs is 5. The number of anilines is 1. The number of ether oxygens (including phenoxy) is 1. The van der Waals surface area contributed by atoms with Crippen LogP contribution in [0.25, 0.3) is 0 Å². The number of nitrogens with two attached hydrogens (primary N) is 1. The lowest BCUT2D eigenvalue weighted by atomic mass is 9.84. The van der Waals surface area contributed by atoms with E-state index in [0.717, 1.165) is 5.56 Å². The molecule has 4 rings (SSSR count). The molecule has 0 spiro atoms. The van der Waals surface area contributed by atoms with Crippen LogP contribution >= 0.6 is 0 Å². The lowest BCUT2D eigenvalue weighted by molar-refractivity contribution is -0.122. The van der Waals surface area contributed by atoms with E-state index in [2.05, 4.69) is 19.2 Å². The summed E-state index contributed by atoms with van der Waals surface area (Å²) in [6.07, 6.45) is 1.49. The Labute approximate surface area is 158 Å². The molecule has 1 unspecified atom stereocenters. The largest absolute Gasteiger partial charge is 0.474 e. The molecular formula is C22H23N2O3. The summed E-state index contributed by atoms with van der Waals surface area (Å²) in [6.45, 7) is 6.13. The first-order valence-corrected chi connectivity index (χ1v) is 9.34. The molecule has 3 N–H and O–H groups in total. The predicted octanol–water partition coefficient (Wildman–Crippen LogP) is 3.67. The van der Waals surface area contributed by atoms with Crippen molar-refractivity contribution < 1.29 is 14.3 Å². The Hall–Kier alpha value is -2.82. The zero-order valence-electron chi connectivity index (χ0n) is 15.8. The molecule has 2 aromatic carbocycles. The zero-order valence-corrected chi connectivity index (χ0v) is 15.8. The molecule has 0 bridgehead atoms. The first-order chi connectivity index (χ1) is 12.9. The van der Waals surface area contributed by atoms with Gasteiger partial charge in [-0.25, -0.2) is 0 Å². The highest BCUT2D eigenvalue weighted by molar-refractivity contribution is 6.17. The molecular weight excluding hydrogens is 340 g/mol. The molecule has 1 radical (unpaired) electrons.